The number of benzene rings is 1. The Morgan fingerprint density at radius 1 is 1.50 bits per heavy atom. The largest absolute Gasteiger partial charge is 0.324 e. The van der Waals surface area contributed by atoms with Gasteiger partial charge < -0.3 is 11.1 Å². The van der Waals surface area contributed by atoms with E-state index in [9.17, 15) is 0 Å². The fraction of sp³-hybridized carbons (Fsp3) is 0.571. The zero-order chi connectivity index (χ0) is 11.6. The first kappa shape index (κ1) is 11.6. The molecule has 0 spiro atoms. The molecular weight excluding hydrogens is 196 g/mol. The lowest BCUT2D eigenvalue weighted by Gasteiger charge is -2.26. The summed E-state index contributed by atoms with van der Waals surface area (Å²) in [6.45, 7) is 6.28. The van der Waals surface area contributed by atoms with Gasteiger partial charge in [0.05, 0.1) is 0 Å². The SMILES string of the molecule is CCCc1cccc([C@@H]2CNC[C@@]2(C)N)c1. The molecule has 0 unspecified atom stereocenters. The van der Waals surface area contributed by atoms with Crippen molar-refractivity contribution in [3.8, 4) is 0 Å². The van der Waals surface area contributed by atoms with Crippen LogP contribution < -0.4 is 11.1 Å². The third-order valence-corrected chi connectivity index (χ3v) is 3.54. The number of aryl methyl sites for hydroxylation is 1. The van der Waals surface area contributed by atoms with Gasteiger partial charge in [0, 0.05) is 24.5 Å². The third kappa shape index (κ3) is 2.28. The van der Waals surface area contributed by atoms with Crippen molar-refractivity contribution in [2.45, 2.75) is 38.1 Å². The Kier molecular flexibility index (Phi) is 3.31. The highest BCUT2D eigenvalue weighted by molar-refractivity contribution is 5.30. The summed E-state index contributed by atoms with van der Waals surface area (Å²) in [5.41, 5.74) is 9.03. The van der Waals surface area contributed by atoms with Crippen molar-refractivity contribution in [1.82, 2.24) is 5.32 Å². The molecule has 3 N–H and O–H groups in total. The van der Waals surface area contributed by atoms with Crippen LogP contribution >= 0.6 is 0 Å². The quantitative estimate of drug-likeness (QED) is 0.815. The van der Waals surface area contributed by atoms with Crippen LogP contribution in [0, 0.1) is 0 Å². The van der Waals surface area contributed by atoms with Crippen molar-refractivity contribution < 1.29 is 0 Å². The maximum Gasteiger partial charge on any atom is 0.0333 e. The summed E-state index contributed by atoms with van der Waals surface area (Å²) >= 11 is 0. The van der Waals surface area contributed by atoms with Gasteiger partial charge in [0.15, 0.2) is 0 Å². The molecular formula is C14H22N2. The molecule has 0 radical (unpaired) electrons. The molecule has 1 saturated heterocycles. The van der Waals surface area contributed by atoms with E-state index in [1.165, 1.54) is 17.5 Å². The van der Waals surface area contributed by atoms with E-state index in [0.717, 1.165) is 19.5 Å². The normalized spacial score (nSPS) is 29.6. The van der Waals surface area contributed by atoms with Gasteiger partial charge in [-0.05, 0) is 24.5 Å². The molecule has 0 aliphatic carbocycles. The second kappa shape index (κ2) is 4.56. The number of hydrogen-bond acceptors (Lipinski definition) is 2. The standard InChI is InChI=1S/C14H22N2/c1-3-5-11-6-4-7-12(8-11)13-9-16-10-14(13,2)15/h4,6-8,13,16H,3,5,9-10,15H2,1-2H3/t13-,14+/m0/s1. The van der Waals surface area contributed by atoms with E-state index in [4.69, 9.17) is 5.73 Å². The predicted octanol–water partition coefficient (Wildman–Crippen LogP) is 2.04. The minimum Gasteiger partial charge on any atom is -0.324 e. The fourth-order valence-electron chi connectivity index (χ4n) is 2.59. The predicted molar refractivity (Wildman–Crippen MR) is 68.6 cm³/mol. The molecule has 1 aromatic carbocycles. The van der Waals surface area contributed by atoms with Gasteiger partial charge >= 0.3 is 0 Å². The van der Waals surface area contributed by atoms with E-state index in [-0.39, 0.29) is 5.54 Å². The molecule has 2 rings (SSSR count). The summed E-state index contributed by atoms with van der Waals surface area (Å²) in [7, 11) is 0. The Hall–Kier alpha value is -0.860. The fourth-order valence-corrected chi connectivity index (χ4v) is 2.59. The highest BCUT2D eigenvalue weighted by Gasteiger charge is 2.35. The Bertz CT molecular complexity index is 358. The summed E-state index contributed by atoms with van der Waals surface area (Å²) in [4.78, 5) is 0. The molecule has 0 saturated carbocycles. The van der Waals surface area contributed by atoms with Gasteiger partial charge in [-0.15, -0.1) is 0 Å². The van der Waals surface area contributed by atoms with Crippen LogP contribution in [0.15, 0.2) is 24.3 Å². The van der Waals surface area contributed by atoms with Crippen LogP contribution in [0.4, 0.5) is 0 Å². The van der Waals surface area contributed by atoms with Crippen LogP contribution in [0.25, 0.3) is 0 Å². The lowest BCUT2D eigenvalue weighted by atomic mass is 9.83. The van der Waals surface area contributed by atoms with Crippen LogP contribution in [0.5, 0.6) is 0 Å². The molecule has 0 amide bonds. The minimum absolute atomic E-state index is 0.106. The molecule has 16 heavy (non-hydrogen) atoms. The minimum atomic E-state index is -0.106. The molecule has 1 heterocycles. The van der Waals surface area contributed by atoms with Crippen molar-refractivity contribution in [2.75, 3.05) is 13.1 Å². The van der Waals surface area contributed by atoms with E-state index in [1.54, 1.807) is 0 Å². The van der Waals surface area contributed by atoms with Crippen molar-refractivity contribution in [3.05, 3.63) is 35.4 Å². The van der Waals surface area contributed by atoms with Crippen molar-refractivity contribution in [1.29, 1.82) is 0 Å². The van der Waals surface area contributed by atoms with Gasteiger partial charge in [-0.3, -0.25) is 0 Å². The maximum atomic E-state index is 6.32. The van der Waals surface area contributed by atoms with E-state index >= 15 is 0 Å². The van der Waals surface area contributed by atoms with Crippen molar-refractivity contribution in [3.63, 3.8) is 0 Å². The average Bonchev–Trinajstić information content (AvgIpc) is 2.59. The van der Waals surface area contributed by atoms with Gasteiger partial charge in [-0.1, -0.05) is 37.6 Å². The molecule has 88 valence electrons. The molecule has 1 aromatic rings. The van der Waals surface area contributed by atoms with Crippen LogP contribution in [0.1, 0.15) is 37.3 Å². The Morgan fingerprint density at radius 3 is 2.94 bits per heavy atom. The second-order valence-electron chi connectivity index (χ2n) is 5.18. The van der Waals surface area contributed by atoms with Crippen LogP contribution in [0.3, 0.4) is 0 Å². The lowest BCUT2D eigenvalue weighted by molar-refractivity contribution is 0.462. The zero-order valence-corrected chi connectivity index (χ0v) is 10.3. The molecule has 2 heteroatoms. The molecule has 2 atom stereocenters. The molecule has 1 aliphatic rings. The smallest absolute Gasteiger partial charge is 0.0333 e. The van der Waals surface area contributed by atoms with E-state index < -0.39 is 0 Å². The van der Waals surface area contributed by atoms with Crippen LogP contribution in [0.2, 0.25) is 0 Å². The second-order valence-corrected chi connectivity index (χ2v) is 5.18. The van der Waals surface area contributed by atoms with Gasteiger partial charge in [0.2, 0.25) is 0 Å². The van der Waals surface area contributed by atoms with E-state index in [0.29, 0.717) is 5.92 Å². The van der Waals surface area contributed by atoms with Gasteiger partial charge in [0.25, 0.3) is 0 Å². The Morgan fingerprint density at radius 2 is 2.31 bits per heavy atom. The summed E-state index contributed by atoms with van der Waals surface area (Å²) in [5, 5.41) is 3.39. The molecule has 0 aromatic heterocycles. The molecule has 2 nitrogen and oxygen atoms in total. The zero-order valence-electron chi connectivity index (χ0n) is 10.3. The molecule has 1 fully saturated rings. The Balaban J connectivity index is 2.23. The summed E-state index contributed by atoms with van der Waals surface area (Å²) < 4.78 is 0. The van der Waals surface area contributed by atoms with Gasteiger partial charge in [0.1, 0.15) is 0 Å². The monoisotopic (exact) mass is 218 g/mol. The third-order valence-electron chi connectivity index (χ3n) is 3.54. The first-order valence-electron chi connectivity index (χ1n) is 6.22. The average molecular weight is 218 g/mol. The van der Waals surface area contributed by atoms with Crippen molar-refractivity contribution in [2.24, 2.45) is 5.73 Å². The summed E-state index contributed by atoms with van der Waals surface area (Å²) in [6.07, 6.45) is 2.36. The van der Waals surface area contributed by atoms with E-state index in [2.05, 4.69) is 43.4 Å². The maximum absolute atomic E-state index is 6.32. The first-order valence-corrected chi connectivity index (χ1v) is 6.22. The van der Waals surface area contributed by atoms with Crippen LogP contribution in [-0.2, 0) is 6.42 Å². The van der Waals surface area contributed by atoms with E-state index in [1.807, 2.05) is 0 Å². The number of nitrogens with one attached hydrogen (secondary N) is 1. The highest BCUT2D eigenvalue weighted by atomic mass is 15.0. The summed E-state index contributed by atoms with van der Waals surface area (Å²) in [6, 6.07) is 8.91. The molecule has 0 bridgehead atoms. The Labute approximate surface area is 98.2 Å². The lowest BCUT2D eigenvalue weighted by Crippen LogP contribution is -2.42. The number of rotatable bonds is 3. The summed E-state index contributed by atoms with van der Waals surface area (Å²) in [5.74, 6) is 0.448. The van der Waals surface area contributed by atoms with Gasteiger partial charge in [-0.2, -0.15) is 0 Å². The highest BCUT2D eigenvalue weighted by Crippen LogP contribution is 2.30. The first-order chi connectivity index (χ1) is 7.63. The topological polar surface area (TPSA) is 38.0 Å². The molecule has 1 aliphatic heterocycles. The van der Waals surface area contributed by atoms with Gasteiger partial charge in [-0.25, -0.2) is 0 Å². The van der Waals surface area contributed by atoms with Crippen LogP contribution in [-0.4, -0.2) is 18.6 Å². The number of hydrogen-bond donors (Lipinski definition) is 2. The number of nitrogens with two attached hydrogens (primary N) is 1. The van der Waals surface area contributed by atoms with Crippen molar-refractivity contribution >= 4 is 0 Å².